The smallest absolute Gasteiger partial charge is 0.307 e. The van der Waals surface area contributed by atoms with Crippen molar-refractivity contribution in [3.8, 4) is 17.0 Å². The highest BCUT2D eigenvalue weighted by Gasteiger charge is 2.46. The van der Waals surface area contributed by atoms with Crippen LogP contribution in [0, 0.1) is 31.6 Å². The van der Waals surface area contributed by atoms with Gasteiger partial charge < -0.3 is 24.5 Å². The van der Waals surface area contributed by atoms with Crippen molar-refractivity contribution in [2.75, 3.05) is 45.2 Å². The lowest BCUT2D eigenvalue weighted by atomic mass is 9.85. The number of amides is 1. The SMILES string of the molecule is Cc1ccc(OCc2ccc(C(=O)N3CC[C@@H](N(C)C)C3)cc2C)c(-c2csc(N3C[C@H]4CC[C@@H](C3)C4C(=O)O)n2)c1. The maximum atomic E-state index is 13.1. The average molecular weight is 589 g/mol. The number of anilines is 1. The summed E-state index contributed by atoms with van der Waals surface area (Å²) in [7, 11) is 4.14. The highest BCUT2D eigenvalue weighted by molar-refractivity contribution is 7.14. The van der Waals surface area contributed by atoms with E-state index in [9.17, 15) is 14.7 Å². The summed E-state index contributed by atoms with van der Waals surface area (Å²) in [6, 6.07) is 12.5. The summed E-state index contributed by atoms with van der Waals surface area (Å²) in [6.07, 6.45) is 2.97. The van der Waals surface area contributed by atoms with Crippen LogP contribution in [0.4, 0.5) is 5.13 Å². The molecule has 3 fully saturated rings. The van der Waals surface area contributed by atoms with Crippen LogP contribution in [0.1, 0.15) is 46.3 Å². The van der Waals surface area contributed by atoms with Crippen molar-refractivity contribution in [1.29, 1.82) is 0 Å². The third-order valence-corrected chi connectivity index (χ3v) is 10.3. The number of thiazole rings is 1. The van der Waals surface area contributed by atoms with Gasteiger partial charge in [-0.2, -0.15) is 0 Å². The number of likely N-dealkylation sites (tertiary alicyclic amines) is 1. The molecule has 1 amide bonds. The Bertz CT molecular complexity index is 1470. The molecule has 1 N–H and O–H groups in total. The fraction of sp³-hybridized carbons (Fsp3) is 0.485. The van der Waals surface area contributed by atoms with E-state index in [2.05, 4.69) is 42.3 Å². The molecule has 1 aliphatic carbocycles. The summed E-state index contributed by atoms with van der Waals surface area (Å²) in [5.74, 6) is 0.389. The minimum atomic E-state index is -0.648. The molecule has 8 nitrogen and oxygen atoms in total. The fourth-order valence-electron chi connectivity index (χ4n) is 6.96. The van der Waals surface area contributed by atoms with Crippen molar-refractivity contribution >= 4 is 28.3 Å². The van der Waals surface area contributed by atoms with E-state index in [-0.39, 0.29) is 23.7 Å². The Hall–Kier alpha value is -3.43. The van der Waals surface area contributed by atoms with Gasteiger partial charge in [-0.05, 0) is 94.4 Å². The van der Waals surface area contributed by atoms with Crippen LogP contribution in [-0.4, -0.2) is 78.1 Å². The molecular weight excluding hydrogens is 548 g/mol. The number of likely N-dealkylation sites (N-methyl/N-ethyl adjacent to an activating group) is 1. The van der Waals surface area contributed by atoms with E-state index in [1.165, 1.54) is 0 Å². The molecule has 2 aliphatic heterocycles. The first kappa shape index (κ1) is 28.7. The van der Waals surface area contributed by atoms with Crippen LogP contribution in [0.5, 0.6) is 5.75 Å². The van der Waals surface area contributed by atoms with Gasteiger partial charge in [0, 0.05) is 48.7 Å². The van der Waals surface area contributed by atoms with Crippen molar-refractivity contribution in [1.82, 2.24) is 14.8 Å². The third-order valence-electron chi connectivity index (χ3n) is 9.45. The molecule has 9 heteroatoms. The van der Waals surface area contributed by atoms with Gasteiger partial charge in [-0.3, -0.25) is 9.59 Å². The van der Waals surface area contributed by atoms with E-state index < -0.39 is 5.97 Å². The van der Waals surface area contributed by atoms with E-state index in [1.807, 2.05) is 42.2 Å². The van der Waals surface area contributed by atoms with Crippen molar-refractivity contribution in [3.05, 3.63) is 64.0 Å². The summed E-state index contributed by atoms with van der Waals surface area (Å²) in [5.41, 5.74) is 5.76. The molecule has 42 heavy (non-hydrogen) atoms. The molecule has 2 aromatic carbocycles. The number of carbonyl (C=O) groups excluding carboxylic acids is 1. The lowest BCUT2D eigenvalue weighted by Crippen LogP contribution is -2.44. The lowest BCUT2D eigenvalue weighted by molar-refractivity contribution is -0.144. The van der Waals surface area contributed by atoms with E-state index in [0.717, 1.165) is 89.8 Å². The molecule has 3 heterocycles. The first-order chi connectivity index (χ1) is 20.2. The first-order valence-corrected chi connectivity index (χ1v) is 15.8. The van der Waals surface area contributed by atoms with Gasteiger partial charge in [0.2, 0.25) is 0 Å². The Kier molecular flexibility index (Phi) is 7.98. The van der Waals surface area contributed by atoms with Crippen LogP contribution in [0.15, 0.2) is 41.8 Å². The molecule has 1 unspecified atom stereocenters. The average Bonchev–Trinajstić information content (AvgIpc) is 3.71. The number of hydrogen-bond donors (Lipinski definition) is 1. The minimum Gasteiger partial charge on any atom is -0.488 e. The molecule has 6 rings (SSSR count). The summed E-state index contributed by atoms with van der Waals surface area (Å²) in [6.45, 7) is 7.56. The topological polar surface area (TPSA) is 86.2 Å². The molecule has 0 spiro atoms. The number of aryl methyl sites for hydroxylation is 2. The minimum absolute atomic E-state index is 0.0928. The zero-order chi connectivity index (χ0) is 29.5. The zero-order valence-electron chi connectivity index (χ0n) is 24.9. The van der Waals surface area contributed by atoms with E-state index in [0.29, 0.717) is 12.6 Å². The van der Waals surface area contributed by atoms with Gasteiger partial charge in [-0.25, -0.2) is 4.98 Å². The number of ether oxygens (including phenoxy) is 1. The second kappa shape index (κ2) is 11.7. The molecule has 2 bridgehead atoms. The van der Waals surface area contributed by atoms with Crippen molar-refractivity contribution in [3.63, 3.8) is 0 Å². The molecule has 3 aromatic rings. The number of carboxylic acids is 1. The number of rotatable bonds is 8. The maximum Gasteiger partial charge on any atom is 0.307 e. The summed E-state index contributed by atoms with van der Waals surface area (Å²) in [5, 5.41) is 12.7. The van der Waals surface area contributed by atoms with E-state index in [4.69, 9.17) is 9.72 Å². The number of piperidine rings is 1. The van der Waals surface area contributed by atoms with Crippen LogP contribution in [-0.2, 0) is 11.4 Å². The number of aliphatic carboxylic acids is 1. The Morgan fingerprint density at radius 3 is 2.48 bits per heavy atom. The van der Waals surface area contributed by atoms with Gasteiger partial charge in [0.25, 0.3) is 5.91 Å². The predicted molar refractivity (Wildman–Crippen MR) is 165 cm³/mol. The van der Waals surface area contributed by atoms with Crippen molar-refractivity contribution in [2.45, 2.75) is 45.8 Å². The monoisotopic (exact) mass is 588 g/mol. The largest absolute Gasteiger partial charge is 0.488 e. The molecule has 2 saturated heterocycles. The number of aromatic nitrogens is 1. The van der Waals surface area contributed by atoms with Crippen molar-refractivity contribution < 1.29 is 19.4 Å². The van der Waals surface area contributed by atoms with Gasteiger partial charge in [0.1, 0.15) is 12.4 Å². The maximum absolute atomic E-state index is 13.1. The van der Waals surface area contributed by atoms with Gasteiger partial charge in [-0.1, -0.05) is 17.7 Å². The van der Waals surface area contributed by atoms with Crippen LogP contribution in [0.25, 0.3) is 11.3 Å². The third kappa shape index (κ3) is 5.64. The van der Waals surface area contributed by atoms with Gasteiger partial charge in [0.15, 0.2) is 5.13 Å². The molecule has 4 atom stereocenters. The number of benzene rings is 2. The number of carboxylic acid groups (broad SMARTS) is 1. The number of nitrogens with zero attached hydrogens (tertiary/aromatic N) is 4. The van der Waals surface area contributed by atoms with Crippen LogP contribution in [0.3, 0.4) is 0 Å². The highest BCUT2D eigenvalue weighted by atomic mass is 32.1. The molecule has 0 radical (unpaired) electrons. The number of carbonyl (C=O) groups is 2. The normalized spacial score (nSPS) is 23.5. The van der Waals surface area contributed by atoms with Crippen LogP contribution < -0.4 is 9.64 Å². The van der Waals surface area contributed by atoms with Gasteiger partial charge in [-0.15, -0.1) is 11.3 Å². The standard InChI is InChI=1S/C33H40N4O4S/c1-20-5-10-29(41-18-25-9-6-22(14-21(25)2)31(38)36-12-11-26(17-36)35(3)4)27(13-20)28-19-42-33(34-28)37-15-23-7-8-24(16-37)30(23)32(39)40/h5-6,9-10,13-14,19,23-24,26,30H,7-8,11-12,15-18H2,1-4H3,(H,39,40)/t23-,24+,26-,30?/m1/s1. The summed E-state index contributed by atoms with van der Waals surface area (Å²) >= 11 is 1.61. The van der Waals surface area contributed by atoms with E-state index in [1.54, 1.807) is 11.3 Å². The Morgan fingerprint density at radius 2 is 1.81 bits per heavy atom. The predicted octanol–water partition coefficient (Wildman–Crippen LogP) is 5.33. The summed E-state index contributed by atoms with van der Waals surface area (Å²) in [4.78, 5) is 36.3. The number of fused-ring (bicyclic) bond motifs is 2. The highest BCUT2D eigenvalue weighted by Crippen LogP contribution is 2.44. The second-order valence-electron chi connectivity index (χ2n) is 12.5. The molecular formula is C33H40N4O4S. The Morgan fingerprint density at radius 1 is 1.05 bits per heavy atom. The summed E-state index contributed by atoms with van der Waals surface area (Å²) < 4.78 is 6.38. The second-order valence-corrected chi connectivity index (χ2v) is 13.3. The number of hydrogen-bond acceptors (Lipinski definition) is 7. The van der Waals surface area contributed by atoms with E-state index >= 15 is 0 Å². The zero-order valence-corrected chi connectivity index (χ0v) is 25.7. The Balaban J connectivity index is 1.14. The molecule has 1 aromatic heterocycles. The quantitative estimate of drug-likeness (QED) is 0.381. The van der Waals surface area contributed by atoms with Crippen LogP contribution >= 0.6 is 11.3 Å². The molecule has 1 saturated carbocycles. The molecule has 3 aliphatic rings. The molecule has 222 valence electrons. The van der Waals surface area contributed by atoms with Gasteiger partial charge >= 0.3 is 5.97 Å². The first-order valence-electron chi connectivity index (χ1n) is 14.9. The van der Waals surface area contributed by atoms with Gasteiger partial charge in [0.05, 0.1) is 11.6 Å². The lowest BCUT2D eigenvalue weighted by Gasteiger charge is -2.35. The Labute approximate surface area is 251 Å². The van der Waals surface area contributed by atoms with Crippen molar-refractivity contribution in [2.24, 2.45) is 17.8 Å². The fourth-order valence-corrected chi connectivity index (χ4v) is 7.81. The van der Waals surface area contributed by atoms with Crippen LogP contribution in [0.2, 0.25) is 0 Å².